The third kappa shape index (κ3) is 5.25. The van der Waals surface area contributed by atoms with Crippen LogP contribution in [-0.4, -0.2) is 39.6 Å². The number of hydrogen-bond acceptors (Lipinski definition) is 5. The predicted octanol–water partition coefficient (Wildman–Crippen LogP) is 5.24. The lowest BCUT2D eigenvalue weighted by Crippen LogP contribution is -2.41. The maximum absolute atomic E-state index is 11.9. The normalized spacial score (nSPS) is 14.1. The third-order valence-corrected chi connectivity index (χ3v) is 5.76. The molecule has 0 fully saturated rings. The van der Waals surface area contributed by atoms with E-state index in [1.54, 1.807) is 20.8 Å². The van der Waals surface area contributed by atoms with Crippen molar-refractivity contribution in [3.63, 3.8) is 0 Å². The van der Waals surface area contributed by atoms with Gasteiger partial charge in [-0.05, 0) is 83.1 Å². The lowest BCUT2D eigenvalue weighted by molar-refractivity contribution is -0.223. The van der Waals surface area contributed by atoms with Crippen LogP contribution in [0.1, 0.15) is 53.1 Å². The van der Waals surface area contributed by atoms with Crippen molar-refractivity contribution in [3.05, 3.63) is 60.7 Å². The Morgan fingerprint density at radius 1 is 1.06 bits per heavy atom. The van der Waals surface area contributed by atoms with Gasteiger partial charge in [0.1, 0.15) is 0 Å². The van der Waals surface area contributed by atoms with Gasteiger partial charge >= 0.3 is 5.97 Å². The smallest absolute Gasteiger partial charge is 0.328 e. The van der Waals surface area contributed by atoms with Gasteiger partial charge in [0.15, 0.2) is 5.75 Å². The quantitative estimate of drug-likeness (QED) is 0.384. The number of carbonyl (C=O) groups is 1. The lowest BCUT2D eigenvalue weighted by atomic mass is 9.95. The van der Waals surface area contributed by atoms with E-state index in [1.165, 1.54) is 5.56 Å². The van der Waals surface area contributed by atoms with E-state index in [2.05, 4.69) is 60.5 Å². The first kappa shape index (κ1) is 22.8. The fraction of sp³-hybridized carbons (Fsp3) is 0.440. The maximum Gasteiger partial charge on any atom is 0.360 e. The van der Waals surface area contributed by atoms with E-state index in [9.17, 15) is 4.79 Å². The van der Waals surface area contributed by atoms with Crippen molar-refractivity contribution in [2.75, 3.05) is 7.05 Å². The summed E-state index contributed by atoms with van der Waals surface area (Å²) in [4.78, 5) is 28.8. The Balaban J connectivity index is 1.89. The molecule has 0 saturated carbocycles. The Labute approximate surface area is 184 Å². The van der Waals surface area contributed by atoms with Gasteiger partial charge in [-0.15, -0.1) is 0 Å². The van der Waals surface area contributed by atoms with Gasteiger partial charge in [-0.2, -0.15) is 0 Å². The number of benzene rings is 2. The second-order valence-electron chi connectivity index (χ2n) is 9.43. The van der Waals surface area contributed by atoms with Crippen LogP contribution in [0.25, 0.3) is 10.8 Å². The highest BCUT2D eigenvalue weighted by atomic mass is 17.2. The van der Waals surface area contributed by atoms with Gasteiger partial charge in [0, 0.05) is 24.5 Å². The topological polar surface area (TPSA) is 56.6 Å². The summed E-state index contributed by atoms with van der Waals surface area (Å²) in [5.41, 5.74) is 0.590. The van der Waals surface area contributed by atoms with Gasteiger partial charge in [-0.3, -0.25) is 9.79 Å². The van der Waals surface area contributed by atoms with Crippen LogP contribution in [0.4, 0.5) is 0 Å². The number of carbonyl (C=O) groups excluding carboxylic acids is 1. The first-order chi connectivity index (χ1) is 14.6. The molecule has 166 valence electrons. The molecule has 0 saturated heterocycles. The second kappa shape index (κ2) is 9.10. The molecule has 31 heavy (non-hydrogen) atoms. The number of imidazole rings is 1. The zero-order valence-corrected chi connectivity index (χ0v) is 19.5. The minimum atomic E-state index is -0.617. The lowest BCUT2D eigenvalue weighted by Gasteiger charge is -2.35. The van der Waals surface area contributed by atoms with Crippen molar-refractivity contribution >= 4 is 16.7 Å². The van der Waals surface area contributed by atoms with Gasteiger partial charge < -0.3 is 4.57 Å². The minimum Gasteiger partial charge on any atom is -0.328 e. The van der Waals surface area contributed by atoms with Crippen molar-refractivity contribution in [1.29, 1.82) is 0 Å². The average Bonchev–Trinajstić information content (AvgIpc) is 3.24. The van der Waals surface area contributed by atoms with Crippen molar-refractivity contribution in [1.82, 2.24) is 14.5 Å². The van der Waals surface area contributed by atoms with Crippen LogP contribution in [0.2, 0.25) is 0 Å². The third-order valence-electron chi connectivity index (χ3n) is 5.76. The van der Waals surface area contributed by atoms with Gasteiger partial charge in [0.25, 0.3) is 0 Å². The molecule has 3 aromatic rings. The molecule has 0 aliphatic heterocycles. The molecule has 2 atom stereocenters. The molecule has 2 unspecified atom stereocenters. The monoisotopic (exact) mass is 423 g/mol. The zero-order valence-electron chi connectivity index (χ0n) is 19.5. The largest absolute Gasteiger partial charge is 0.360 e. The second-order valence-corrected chi connectivity index (χ2v) is 9.43. The van der Waals surface area contributed by atoms with Crippen molar-refractivity contribution < 1.29 is 14.6 Å². The zero-order chi connectivity index (χ0) is 22.8. The molecule has 0 bridgehead atoms. The van der Waals surface area contributed by atoms with Crippen LogP contribution in [-0.2, 0) is 9.68 Å². The van der Waals surface area contributed by atoms with Crippen LogP contribution < -0.4 is 4.89 Å². The molecular weight excluding hydrogens is 390 g/mol. The van der Waals surface area contributed by atoms with Gasteiger partial charge in [0.05, 0.1) is 17.8 Å². The van der Waals surface area contributed by atoms with Crippen LogP contribution in [0.5, 0.6) is 5.75 Å². The molecule has 1 aromatic heterocycles. The number of aromatic nitrogens is 2. The molecule has 0 amide bonds. The molecule has 0 radical (unpaired) electrons. The summed E-state index contributed by atoms with van der Waals surface area (Å²) < 4.78 is 2.16. The fourth-order valence-corrected chi connectivity index (χ4v) is 3.52. The van der Waals surface area contributed by atoms with E-state index >= 15 is 0 Å². The molecule has 1 heterocycles. The number of nitrogens with zero attached hydrogens (tertiary/aromatic N) is 3. The van der Waals surface area contributed by atoms with E-state index in [0.717, 1.165) is 10.8 Å². The molecular formula is C25H33N3O3. The predicted molar refractivity (Wildman–Crippen MR) is 123 cm³/mol. The first-order valence-electron chi connectivity index (χ1n) is 10.7. The maximum atomic E-state index is 11.9. The first-order valence-corrected chi connectivity index (χ1v) is 10.7. The Hall–Kier alpha value is -2.86. The highest BCUT2D eigenvalue weighted by molar-refractivity contribution is 5.84. The highest BCUT2D eigenvalue weighted by Crippen LogP contribution is 2.30. The number of likely N-dealkylation sites (N-methyl/N-ethyl adjacent to an activating group) is 1. The van der Waals surface area contributed by atoms with Crippen LogP contribution in [0, 0.1) is 5.41 Å². The molecule has 0 aliphatic carbocycles. The summed E-state index contributed by atoms with van der Waals surface area (Å²) >= 11 is 0. The Kier molecular flexibility index (Phi) is 6.70. The SMILES string of the molecule is CC(C)N(C)C(C)C(c1ccc2cc(OOC(=O)C(C)(C)C)ccc2c1)n1ccnc1. The number of fused-ring (bicyclic) bond motifs is 1. The molecule has 3 rings (SSSR count). The summed E-state index contributed by atoms with van der Waals surface area (Å²) in [6.07, 6.45) is 5.71. The summed E-state index contributed by atoms with van der Waals surface area (Å²) in [5.74, 6) is 0.0892. The van der Waals surface area contributed by atoms with E-state index < -0.39 is 11.4 Å². The molecule has 0 spiro atoms. The van der Waals surface area contributed by atoms with Crippen molar-refractivity contribution in [2.45, 2.75) is 59.7 Å². The van der Waals surface area contributed by atoms with E-state index in [0.29, 0.717) is 11.8 Å². The van der Waals surface area contributed by atoms with Crippen molar-refractivity contribution in [2.24, 2.45) is 5.41 Å². The van der Waals surface area contributed by atoms with Crippen LogP contribution in [0.15, 0.2) is 55.1 Å². The molecule has 0 aliphatic rings. The Morgan fingerprint density at radius 3 is 2.35 bits per heavy atom. The van der Waals surface area contributed by atoms with E-state index in [4.69, 9.17) is 9.78 Å². The average molecular weight is 424 g/mol. The molecule has 0 N–H and O–H groups in total. The van der Waals surface area contributed by atoms with Crippen molar-refractivity contribution in [3.8, 4) is 5.75 Å². The van der Waals surface area contributed by atoms with E-state index in [-0.39, 0.29) is 12.1 Å². The van der Waals surface area contributed by atoms with Crippen LogP contribution >= 0.6 is 0 Å². The van der Waals surface area contributed by atoms with E-state index in [1.807, 2.05) is 36.9 Å². The number of rotatable bonds is 7. The fourth-order valence-electron chi connectivity index (χ4n) is 3.52. The summed E-state index contributed by atoms with van der Waals surface area (Å²) in [5, 5.41) is 2.11. The summed E-state index contributed by atoms with van der Waals surface area (Å²) in [7, 11) is 2.16. The standard InChI is InChI=1S/C25H33N3O3/c1-17(2)27(7)18(3)23(28-13-12-26-16-28)21-9-8-20-15-22(11-10-19(20)14-21)30-31-24(29)25(4,5)6/h8-18,23H,1-7H3. The Morgan fingerprint density at radius 2 is 1.74 bits per heavy atom. The van der Waals surface area contributed by atoms with Gasteiger partial charge in [-0.1, -0.05) is 18.2 Å². The molecule has 2 aromatic carbocycles. The highest BCUT2D eigenvalue weighted by Gasteiger charge is 2.26. The molecule has 6 heteroatoms. The Bertz CT molecular complexity index is 1020. The number of hydrogen-bond donors (Lipinski definition) is 0. The summed E-state index contributed by atoms with van der Waals surface area (Å²) in [6.45, 7) is 12.0. The van der Waals surface area contributed by atoms with Gasteiger partial charge in [0.2, 0.25) is 0 Å². The minimum absolute atomic E-state index is 0.128. The summed E-state index contributed by atoms with van der Waals surface area (Å²) in [6, 6.07) is 12.9. The van der Waals surface area contributed by atoms with Gasteiger partial charge in [-0.25, -0.2) is 14.7 Å². The molecule has 6 nitrogen and oxygen atoms in total. The van der Waals surface area contributed by atoms with Crippen LogP contribution in [0.3, 0.4) is 0 Å².